The van der Waals surface area contributed by atoms with E-state index in [4.69, 9.17) is 16.3 Å². The van der Waals surface area contributed by atoms with Crippen LogP contribution in [0.25, 0.3) is 0 Å². The fourth-order valence-corrected chi connectivity index (χ4v) is 3.71. The van der Waals surface area contributed by atoms with Crippen LogP contribution in [0.5, 0.6) is 0 Å². The SMILES string of the molecule is COCC12CNCC[C@]1(c1ccc(Cl)cc1)C2. The standard InChI is InChI=1S/C14H18ClNO/c1-17-10-13-8-14(13,6-7-16-9-13)11-2-4-12(15)5-3-11/h2-5,16H,6-10H2,1H3/t13?,14-/m1/s1. The minimum Gasteiger partial charge on any atom is -0.384 e. The van der Waals surface area contributed by atoms with Crippen molar-refractivity contribution in [3.8, 4) is 0 Å². The van der Waals surface area contributed by atoms with Gasteiger partial charge < -0.3 is 10.1 Å². The van der Waals surface area contributed by atoms with Crippen LogP contribution in [0.15, 0.2) is 24.3 Å². The first-order chi connectivity index (χ1) is 8.22. The van der Waals surface area contributed by atoms with Crippen LogP contribution in [0.4, 0.5) is 0 Å². The molecule has 1 N–H and O–H groups in total. The van der Waals surface area contributed by atoms with Gasteiger partial charge in [-0.15, -0.1) is 0 Å². The normalized spacial score (nSPS) is 35.4. The summed E-state index contributed by atoms with van der Waals surface area (Å²) < 4.78 is 5.43. The third-order valence-corrected chi connectivity index (χ3v) is 4.79. The molecule has 17 heavy (non-hydrogen) atoms. The molecule has 1 heterocycles. The zero-order valence-corrected chi connectivity index (χ0v) is 10.9. The molecule has 1 aliphatic carbocycles. The third kappa shape index (κ3) is 1.62. The van der Waals surface area contributed by atoms with Crippen LogP contribution in [-0.4, -0.2) is 26.8 Å². The predicted octanol–water partition coefficient (Wildman–Crippen LogP) is 2.61. The second kappa shape index (κ2) is 3.98. The van der Waals surface area contributed by atoms with Crippen molar-refractivity contribution >= 4 is 11.6 Å². The summed E-state index contributed by atoms with van der Waals surface area (Å²) in [6.07, 6.45) is 2.44. The Morgan fingerprint density at radius 2 is 2.12 bits per heavy atom. The summed E-state index contributed by atoms with van der Waals surface area (Å²) in [5, 5.41) is 4.32. The minimum absolute atomic E-state index is 0.313. The van der Waals surface area contributed by atoms with Crippen molar-refractivity contribution in [2.45, 2.75) is 18.3 Å². The molecule has 0 spiro atoms. The molecule has 0 radical (unpaired) electrons. The summed E-state index contributed by atoms with van der Waals surface area (Å²) in [5.74, 6) is 0. The molecule has 2 nitrogen and oxygen atoms in total. The number of rotatable bonds is 3. The Hall–Kier alpha value is -0.570. The lowest BCUT2D eigenvalue weighted by molar-refractivity contribution is 0.116. The van der Waals surface area contributed by atoms with E-state index in [9.17, 15) is 0 Å². The van der Waals surface area contributed by atoms with E-state index in [1.54, 1.807) is 7.11 Å². The van der Waals surface area contributed by atoms with Gasteiger partial charge in [-0.05, 0) is 37.1 Å². The van der Waals surface area contributed by atoms with E-state index in [-0.39, 0.29) is 0 Å². The largest absolute Gasteiger partial charge is 0.384 e. The molecule has 3 rings (SSSR count). The molecule has 1 unspecified atom stereocenters. The Bertz CT molecular complexity index is 415. The number of ether oxygens (including phenoxy) is 1. The van der Waals surface area contributed by atoms with Gasteiger partial charge in [-0.1, -0.05) is 23.7 Å². The summed E-state index contributed by atoms with van der Waals surface area (Å²) in [6.45, 7) is 3.03. The predicted molar refractivity (Wildman–Crippen MR) is 69.5 cm³/mol. The number of nitrogens with one attached hydrogen (secondary N) is 1. The third-order valence-electron chi connectivity index (χ3n) is 4.54. The van der Waals surface area contributed by atoms with Crippen LogP contribution in [0.3, 0.4) is 0 Å². The number of piperidine rings is 1. The topological polar surface area (TPSA) is 21.3 Å². The summed E-state index contributed by atoms with van der Waals surface area (Å²) in [6, 6.07) is 8.38. The van der Waals surface area contributed by atoms with E-state index in [0.717, 1.165) is 24.7 Å². The van der Waals surface area contributed by atoms with Crippen molar-refractivity contribution in [2.24, 2.45) is 5.41 Å². The Kier molecular flexibility index (Phi) is 2.69. The number of halogens is 1. The van der Waals surface area contributed by atoms with Crippen molar-refractivity contribution in [1.29, 1.82) is 0 Å². The van der Waals surface area contributed by atoms with E-state index in [1.165, 1.54) is 18.4 Å². The quantitative estimate of drug-likeness (QED) is 0.892. The number of benzene rings is 1. The Balaban J connectivity index is 1.93. The van der Waals surface area contributed by atoms with Gasteiger partial charge in [-0.2, -0.15) is 0 Å². The van der Waals surface area contributed by atoms with Crippen LogP contribution in [0.1, 0.15) is 18.4 Å². The molecule has 1 aliphatic heterocycles. The van der Waals surface area contributed by atoms with E-state index < -0.39 is 0 Å². The first kappa shape index (κ1) is 11.5. The van der Waals surface area contributed by atoms with Gasteiger partial charge in [0.1, 0.15) is 0 Å². The van der Waals surface area contributed by atoms with E-state index in [1.807, 2.05) is 12.1 Å². The maximum absolute atomic E-state index is 5.97. The first-order valence-electron chi connectivity index (χ1n) is 6.18. The molecule has 0 amide bonds. The van der Waals surface area contributed by atoms with Crippen molar-refractivity contribution in [1.82, 2.24) is 5.32 Å². The summed E-state index contributed by atoms with van der Waals surface area (Å²) in [4.78, 5) is 0. The van der Waals surface area contributed by atoms with Gasteiger partial charge in [0.25, 0.3) is 0 Å². The lowest BCUT2D eigenvalue weighted by atomic mass is 9.81. The molecule has 0 aromatic heterocycles. The molecule has 2 fully saturated rings. The van der Waals surface area contributed by atoms with Crippen LogP contribution in [0, 0.1) is 5.41 Å². The highest BCUT2D eigenvalue weighted by Crippen LogP contribution is 2.67. The van der Waals surface area contributed by atoms with Gasteiger partial charge in [0.15, 0.2) is 0 Å². The second-order valence-corrected chi connectivity index (χ2v) is 5.84. The molecule has 1 aromatic rings. The lowest BCUT2D eigenvalue weighted by Crippen LogP contribution is -2.40. The highest BCUT2D eigenvalue weighted by molar-refractivity contribution is 6.30. The van der Waals surface area contributed by atoms with E-state index in [2.05, 4.69) is 17.4 Å². The highest BCUT2D eigenvalue weighted by atomic mass is 35.5. The fourth-order valence-electron chi connectivity index (χ4n) is 3.59. The van der Waals surface area contributed by atoms with Gasteiger partial charge >= 0.3 is 0 Å². The van der Waals surface area contributed by atoms with Gasteiger partial charge in [0, 0.05) is 29.5 Å². The van der Waals surface area contributed by atoms with Crippen LogP contribution >= 0.6 is 11.6 Å². The van der Waals surface area contributed by atoms with E-state index in [0.29, 0.717) is 10.8 Å². The average Bonchev–Trinajstić information content (AvgIpc) is 3.00. The van der Waals surface area contributed by atoms with Crippen molar-refractivity contribution in [2.75, 3.05) is 26.8 Å². The monoisotopic (exact) mass is 251 g/mol. The van der Waals surface area contributed by atoms with Gasteiger partial charge in [-0.25, -0.2) is 0 Å². The Morgan fingerprint density at radius 3 is 2.82 bits per heavy atom. The summed E-state index contributed by atoms with van der Waals surface area (Å²) >= 11 is 5.97. The first-order valence-corrected chi connectivity index (χ1v) is 6.56. The number of methoxy groups -OCH3 is 1. The zero-order valence-electron chi connectivity index (χ0n) is 10.1. The van der Waals surface area contributed by atoms with Crippen molar-refractivity contribution < 1.29 is 4.74 Å². The number of hydrogen-bond donors (Lipinski definition) is 1. The summed E-state index contributed by atoms with van der Waals surface area (Å²) in [5.41, 5.74) is 2.08. The molecular formula is C14H18ClNO. The van der Waals surface area contributed by atoms with Gasteiger partial charge in [0.2, 0.25) is 0 Å². The zero-order chi connectivity index (χ0) is 11.9. The molecule has 1 saturated heterocycles. The molecule has 1 saturated carbocycles. The Labute approximate surface area is 107 Å². The van der Waals surface area contributed by atoms with Crippen LogP contribution in [-0.2, 0) is 10.2 Å². The molecule has 1 aromatic carbocycles. The van der Waals surface area contributed by atoms with Crippen molar-refractivity contribution in [3.63, 3.8) is 0 Å². The van der Waals surface area contributed by atoms with Gasteiger partial charge in [-0.3, -0.25) is 0 Å². The molecular weight excluding hydrogens is 234 g/mol. The smallest absolute Gasteiger partial charge is 0.0539 e. The maximum atomic E-state index is 5.97. The molecule has 3 heteroatoms. The second-order valence-electron chi connectivity index (χ2n) is 5.41. The molecule has 92 valence electrons. The average molecular weight is 252 g/mol. The lowest BCUT2D eigenvalue weighted by Gasteiger charge is -2.31. The molecule has 0 bridgehead atoms. The molecule has 2 atom stereocenters. The summed E-state index contributed by atoms with van der Waals surface area (Å²) in [7, 11) is 1.80. The van der Waals surface area contributed by atoms with Crippen molar-refractivity contribution in [3.05, 3.63) is 34.9 Å². The van der Waals surface area contributed by atoms with Crippen LogP contribution in [0.2, 0.25) is 5.02 Å². The number of hydrogen-bond acceptors (Lipinski definition) is 2. The minimum atomic E-state index is 0.313. The fraction of sp³-hybridized carbons (Fsp3) is 0.571. The number of fused-ring (bicyclic) bond motifs is 1. The molecule has 2 aliphatic rings. The van der Waals surface area contributed by atoms with E-state index >= 15 is 0 Å². The maximum Gasteiger partial charge on any atom is 0.0539 e. The van der Waals surface area contributed by atoms with Gasteiger partial charge in [0.05, 0.1) is 6.61 Å². The Morgan fingerprint density at radius 1 is 1.35 bits per heavy atom. The highest BCUT2D eigenvalue weighted by Gasteiger charge is 2.68. The van der Waals surface area contributed by atoms with Crippen LogP contribution < -0.4 is 5.32 Å².